The number of alkyl halides is 3. The van der Waals surface area contributed by atoms with Gasteiger partial charge >= 0.3 is 6.18 Å². The van der Waals surface area contributed by atoms with Gasteiger partial charge in [-0.25, -0.2) is 4.39 Å². The van der Waals surface area contributed by atoms with Gasteiger partial charge in [-0.1, -0.05) is 6.07 Å². The van der Waals surface area contributed by atoms with E-state index in [0.29, 0.717) is 44.6 Å². The van der Waals surface area contributed by atoms with E-state index in [0.717, 1.165) is 18.2 Å². The highest BCUT2D eigenvalue weighted by molar-refractivity contribution is 6.39. The van der Waals surface area contributed by atoms with Crippen LogP contribution in [0.5, 0.6) is 0 Å². The number of rotatable bonds is 2. The van der Waals surface area contributed by atoms with Gasteiger partial charge in [0, 0.05) is 31.6 Å². The molecule has 4 nitrogen and oxygen atoms in total. The summed E-state index contributed by atoms with van der Waals surface area (Å²) in [5.74, 6) is -1.57. The van der Waals surface area contributed by atoms with Gasteiger partial charge in [0.15, 0.2) is 0 Å². The molecule has 0 saturated carbocycles. The third-order valence-corrected chi connectivity index (χ3v) is 4.48. The van der Waals surface area contributed by atoms with Crippen molar-refractivity contribution in [2.24, 2.45) is 5.10 Å². The van der Waals surface area contributed by atoms with Crippen molar-refractivity contribution in [3.05, 3.63) is 35.1 Å². The summed E-state index contributed by atoms with van der Waals surface area (Å²) in [6.45, 7) is 1.21. The first kappa shape index (κ1) is 16.7. The van der Waals surface area contributed by atoms with E-state index in [2.05, 4.69) is 10.5 Å². The molecular formula is C16H17F4N3O. The SMILES string of the molecule is O=C(C1=NNCC1)N1CCC(c2c(F)cccc2C(F)(F)F)CC1. The molecule has 0 aromatic heterocycles. The van der Waals surface area contributed by atoms with Crippen molar-refractivity contribution in [2.45, 2.75) is 31.4 Å². The molecule has 24 heavy (non-hydrogen) atoms. The van der Waals surface area contributed by atoms with Crippen molar-refractivity contribution >= 4 is 11.6 Å². The maximum Gasteiger partial charge on any atom is 0.416 e. The summed E-state index contributed by atoms with van der Waals surface area (Å²) >= 11 is 0. The zero-order valence-electron chi connectivity index (χ0n) is 12.9. The topological polar surface area (TPSA) is 44.7 Å². The molecule has 130 valence electrons. The number of hydrogen-bond acceptors (Lipinski definition) is 3. The average Bonchev–Trinajstić information content (AvgIpc) is 3.08. The molecule has 2 heterocycles. The molecule has 2 aliphatic heterocycles. The first-order valence-corrected chi connectivity index (χ1v) is 7.82. The molecule has 3 rings (SSSR count). The Morgan fingerprint density at radius 2 is 1.96 bits per heavy atom. The average molecular weight is 343 g/mol. The largest absolute Gasteiger partial charge is 0.416 e. The number of piperidine rings is 1. The van der Waals surface area contributed by atoms with Crippen LogP contribution in [-0.4, -0.2) is 36.2 Å². The third-order valence-electron chi connectivity index (χ3n) is 4.48. The van der Waals surface area contributed by atoms with E-state index in [9.17, 15) is 22.4 Å². The lowest BCUT2D eigenvalue weighted by atomic mass is 9.85. The van der Waals surface area contributed by atoms with Crippen LogP contribution in [0.25, 0.3) is 0 Å². The molecule has 0 atom stereocenters. The van der Waals surface area contributed by atoms with Gasteiger partial charge < -0.3 is 10.3 Å². The zero-order valence-corrected chi connectivity index (χ0v) is 12.9. The minimum atomic E-state index is -4.59. The van der Waals surface area contributed by atoms with Gasteiger partial charge in [-0.15, -0.1) is 0 Å². The number of nitrogens with zero attached hydrogens (tertiary/aromatic N) is 2. The normalized spacial score (nSPS) is 19.2. The van der Waals surface area contributed by atoms with Gasteiger partial charge in [0.25, 0.3) is 5.91 Å². The van der Waals surface area contributed by atoms with Gasteiger partial charge in [0.2, 0.25) is 0 Å². The monoisotopic (exact) mass is 343 g/mol. The third kappa shape index (κ3) is 3.22. The Kier molecular flexibility index (Phi) is 4.47. The van der Waals surface area contributed by atoms with Crippen molar-refractivity contribution < 1.29 is 22.4 Å². The summed E-state index contributed by atoms with van der Waals surface area (Å²) in [5, 5.41) is 3.92. The van der Waals surface area contributed by atoms with Crippen LogP contribution in [-0.2, 0) is 11.0 Å². The van der Waals surface area contributed by atoms with E-state index in [1.807, 2.05) is 0 Å². The molecule has 1 amide bonds. The predicted molar refractivity (Wildman–Crippen MR) is 80.0 cm³/mol. The second-order valence-electron chi connectivity index (χ2n) is 5.98. The number of amides is 1. The van der Waals surface area contributed by atoms with Crippen molar-refractivity contribution in [3.8, 4) is 0 Å². The highest BCUT2D eigenvalue weighted by atomic mass is 19.4. The number of carbonyl (C=O) groups excluding carboxylic acids is 1. The lowest BCUT2D eigenvalue weighted by Gasteiger charge is -2.33. The van der Waals surface area contributed by atoms with E-state index in [-0.39, 0.29) is 11.5 Å². The molecule has 1 aromatic carbocycles. The number of nitrogens with one attached hydrogen (secondary N) is 1. The fourth-order valence-corrected chi connectivity index (χ4v) is 3.29. The first-order valence-electron chi connectivity index (χ1n) is 7.82. The summed E-state index contributed by atoms with van der Waals surface area (Å²) in [7, 11) is 0. The van der Waals surface area contributed by atoms with E-state index in [1.165, 1.54) is 0 Å². The predicted octanol–water partition coefficient (Wildman–Crippen LogP) is 2.90. The lowest BCUT2D eigenvalue weighted by molar-refractivity contribution is -0.139. The molecule has 0 spiro atoms. The van der Waals surface area contributed by atoms with Gasteiger partial charge in [-0.05, 0) is 30.9 Å². The van der Waals surface area contributed by atoms with Crippen molar-refractivity contribution in [1.82, 2.24) is 10.3 Å². The van der Waals surface area contributed by atoms with Crippen LogP contribution in [0.4, 0.5) is 17.6 Å². The Balaban J connectivity index is 1.75. The van der Waals surface area contributed by atoms with Crippen LogP contribution < -0.4 is 5.43 Å². The van der Waals surface area contributed by atoms with E-state index < -0.39 is 23.5 Å². The number of hydrogen-bond donors (Lipinski definition) is 1. The standard InChI is InChI=1S/C16H17F4N3O/c17-12-3-1-2-11(16(18,19)20)14(12)10-5-8-23(9-6-10)15(24)13-4-7-21-22-13/h1-3,10,21H,4-9H2. The number of carbonyl (C=O) groups is 1. The fourth-order valence-electron chi connectivity index (χ4n) is 3.29. The van der Waals surface area contributed by atoms with Gasteiger partial charge in [0.05, 0.1) is 5.56 Å². The highest BCUT2D eigenvalue weighted by Crippen LogP contribution is 2.40. The minimum absolute atomic E-state index is 0.192. The summed E-state index contributed by atoms with van der Waals surface area (Å²) in [4.78, 5) is 13.8. The Morgan fingerprint density at radius 3 is 2.54 bits per heavy atom. The quantitative estimate of drug-likeness (QED) is 0.840. The number of hydrazone groups is 1. The molecule has 1 saturated heterocycles. The van der Waals surface area contributed by atoms with Crippen LogP contribution in [0, 0.1) is 5.82 Å². The highest BCUT2D eigenvalue weighted by Gasteiger charge is 2.38. The maximum atomic E-state index is 14.1. The van der Waals surface area contributed by atoms with Crippen molar-refractivity contribution in [3.63, 3.8) is 0 Å². The Hall–Kier alpha value is -2.12. The Morgan fingerprint density at radius 1 is 1.25 bits per heavy atom. The van der Waals surface area contributed by atoms with Gasteiger partial charge in [-0.3, -0.25) is 4.79 Å². The molecule has 0 aliphatic carbocycles. The molecule has 0 unspecified atom stereocenters. The lowest BCUT2D eigenvalue weighted by Crippen LogP contribution is -2.41. The molecule has 1 aromatic rings. The number of halogens is 4. The molecular weight excluding hydrogens is 326 g/mol. The summed E-state index contributed by atoms with van der Waals surface area (Å²) in [5.41, 5.74) is 1.96. The van der Waals surface area contributed by atoms with Crippen molar-refractivity contribution in [2.75, 3.05) is 19.6 Å². The van der Waals surface area contributed by atoms with E-state index in [1.54, 1.807) is 4.90 Å². The number of benzene rings is 1. The van der Waals surface area contributed by atoms with E-state index in [4.69, 9.17) is 0 Å². The molecule has 0 bridgehead atoms. The van der Waals surface area contributed by atoms with Crippen LogP contribution in [0.2, 0.25) is 0 Å². The molecule has 0 radical (unpaired) electrons. The van der Waals surface area contributed by atoms with Gasteiger partial charge in [-0.2, -0.15) is 18.3 Å². The van der Waals surface area contributed by atoms with E-state index >= 15 is 0 Å². The summed E-state index contributed by atoms with van der Waals surface area (Å²) in [6.07, 6.45) is -3.44. The second-order valence-corrected chi connectivity index (χ2v) is 5.98. The molecule has 8 heteroatoms. The van der Waals surface area contributed by atoms with Crippen molar-refractivity contribution in [1.29, 1.82) is 0 Å². The fraction of sp³-hybridized carbons (Fsp3) is 0.500. The molecule has 1 N–H and O–H groups in total. The smallest absolute Gasteiger partial charge is 0.338 e. The zero-order chi connectivity index (χ0) is 17.3. The molecule has 2 aliphatic rings. The van der Waals surface area contributed by atoms with Crippen LogP contribution in [0.1, 0.15) is 36.3 Å². The maximum absolute atomic E-state index is 14.1. The Labute approximate surface area is 136 Å². The van der Waals surface area contributed by atoms with Gasteiger partial charge in [0.1, 0.15) is 11.5 Å². The van der Waals surface area contributed by atoms with Crippen LogP contribution in [0.15, 0.2) is 23.3 Å². The summed E-state index contributed by atoms with van der Waals surface area (Å²) in [6, 6.07) is 3.04. The minimum Gasteiger partial charge on any atom is -0.338 e. The number of likely N-dealkylation sites (tertiary alicyclic amines) is 1. The molecule has 1 fully saturated rings. The summed E-state index contributed by atoms with van der Waals surface area (Å²) < 4.78 is 53.5. The second kappa shape index (κ2) is 6.41. The van der Waals surface area contributed by atoms with Crippen LogP contribution >= 0.6 is 0 Å². The first-order chi connectivity index (χ1) is 11.4. The Bertz CT molecular complexity index is 664. The van der Waals surface area contributed by atoms with Crippen LogP contribution in [0.3, 0.4) is 0 Å².